The molecule has 1 aliphatic rings. The van der Waals surface area contributed by atoms with Crippen molar-refractivity contribution in [3.8, 4) is 11.5 Å². The second-order valence-corrected chi connectivity index (χ2v) is 6.00. The summed E-state index contributed by atoms with van der Waals surface area (Å²) in [5.41, 5.74) is 0.507. The first-order valence-electron chi connectivity index (χ1n) is 7.18. The fourth-order valence-electron chi connectivity index (χ4n) is 2.13. The molecule has 1 heterocycles. The van der Waals surface area contributed by atoms with Crippen molar-refractivity contribution in [2.45, 2.75) is 4.90 Å². The lowest BCUT2D eigenvalue weighted by atomic mass is 10.3. The van der Waals surface area contributed by atoms with Crippen LogP contribution in [-0.2, 0) is 4.79 Å². The number of anilines is 1. The number of carbonyl (C=O) groups is 1. The van der Waals surface area contributed by atoms with E-state index in [2.05, 4.69) is 5.32 Å². The second kappa shape index (κ2) is 7.22. The molecule has 0 saturated heterocycles. The van der Waals surface area contributed by atoms with E-state index >= 15 is 0 Å². The third-order valence-corrected chi connectivity index (χ3v) is 4.24. The fourth-order valence-corrected chi connectivity index (χ4v) is 2.85. The zero-order valence-electron chi connectivity index (χ0n) is 12.6. The van der Waals surface area contributed by atoms with Crippen LogP contribution in [-0.4, -0.2) is 29.8 Å². The molecule has 3 rings (SSSR count). The van der Waals surface area contributed by atoms with Crippen molar-refractivity contribution in [3.63, 3.8) is 0 Å². The third kappa shape index (κ3) is 3.96. The number of rotatable bonds is 5. The number of ether oxygens (including phenoxy) is 2. The normalized spacial score (nSPS) is 12.5. The molecule has 0 aromatic heterocycles. The lowest BCUT2D eigenvalue weighted by Crippen LogP contribution is -2.15. The van der Waals surface area contributed by atoms with E-state index in [-0.39, 0.29) is 17.3 Å². The van der Waals surface area contributed by atoms with Crippen LogP contribution in [0.1, 0.15) is 0 Å². The quantitative estimate of drug-likeness (QED) is 0.508. The first-order chi connectivity index (χ1) is 11.6. The minimum Gasteiger partial charge on any atom is -0.486 e. The van der Waals surface area contributed by atoms with Gasteiger partial charge in [-0.15, -0.1) is 11.8 Å². The van der Waals surface area contributed by atoms with Crippen molar-refractivity contribution in [2.24, 2.45) is 0 Å². The molecule has 0 unspecified atom stereocenters. The number of fused-ring (bicyclic) bond motifs is 1. The molecule has 1 amide bonds. The number of thioether (sulfide) groups is 1. The maximum Gasteiger partial charge on any atom is 0.269 e. The Morgan fingerprint density at radius 2 is 1.83 bits per heavy atom. The third-order valence-electron chi connectivity index (χ3n) is 3.25. The predicted octanol–water partition coefficient (Wildman–Crippen LogP) is 3.10. The highest BCUT2D eigenvalue weighted by molar-refractivity contribution is 8.00. The van der Waals surface area contributed by atoms with Crippen LogP contribution in [0, 0.1) is 10.1 Å². The van der Waals surface area contributed by atoms with Gasteiger partial charge in [0.05, 0.1) is 10.7 Å². The highest BCUT2D eigenvalue weighted by atomic mass is 32.2. The molecule has 0 spiro atoms. The van der Waals surface area contributed by atoms with E-state index in [0.29, 0.717) is 30.4 Å². The van der Waals surface area contributed by atoms with Crippen LogP contribution in [0.3, 0.4) is 0 Å². The van der Waals surface area contributed by atoms with Crippen LogP contribution < -0.4 is 14.8 Å². The number of nitrogens with zero attached hydrogens (tertiary/aromatic N) is 1. The van der Waals surface area contributed by atoms with Gasteiger partial charge in [-0.2, -0.15) is 0 Å². The van der Waals surface area contributed by atoms with Crippen molar-refractivity contribution in [1.82, 2.24) is 0 Å². The molecule has 2 aromatic carbocycles. The Hall–Kier alpha value is -2.74. The highest BCUT2D eigenvalue weighted by Gasteiger charge is 2.13. The van der Waals surface area contributed by atoms with E-state index in [1.54, 1.807) is 0 Å². The molecule has 0 saturated carbocycles. The van der Waals surface area contributed by atoms with Gasteiger partial charge in [-0.3, -0.25) is 14.9 Å². The maximum absolute atomic E-state index is 12.0. The van der Waals surface area contributed by atoms with Crippen LogP contribution in [0.4, 0.5) is 11.4 Å². The largest absolute Gasteiger partial charge is 0.486 e. The molecule has 0 fully saturated rings. The predicted molar refractivity (Wildman–Crippen MR) is 89.9 cm³/mol. The summed E-state index contributed by atoms with van der Waals surface area (Å²) in [5, 5.41) is 13.3. The number of nitro benzene ring substituents is 1. The zero-order chi connectivity index (χ0) is 16.9. The Bertz CT molecular complexity index is 764. The van der Waals surface area contributed by atoms with Crippen LogP contribution in [0.5, 0.6) is 11.5 Å². The lowest BCUT2D eigenvalue weighted by Gasteiger charge is -2.18. The van der Waals surface area contributed by atoms with Crippen molar-refractivity contribution in [2.75, 3.05) is 24.3 Å². The molecule has 1 aliphatic heterocycles. The molecular formula is C16H14N2O5S. The topological polar surface area (TPSA) is 90.7 Å². The van der Waals surface area contributed by atoms with E-state index in [0.717, 1.165) is 4.90 Å². The standard InChI is InChI=1S/C16H14N2O5S/c19-16(17-11-1-3-12(4-2-11)18(20)21)10-24-13-5-6-14-15(9-13)23-8-7-22-14/h1-6,9H,7-8,10H2,(H,17,19). The SMILES string of the molecule is O=C(CSc1ccc2c(c1)OCCO2)Nc1ccc([N+](=O)[O-])cc1. The van der Waals surface area contributed by atoms with E-state index in [9.17, 15) is 14.9 Å². The summed E-state index contributed by atoms with van der Waals surface area (Å²) >= 11 is 1.37. The van der Waals surface area contributed by atoms with Gasteiger partial charge >= 0.3 is 0 Å². The highest BCUT2D eigenvalue weighted by Crippen LogP contribution is 2.34. The van der Waals surface area contributed by atoms with E-state index in [4.69, 9.17) is 9.47 Å². The number of non-ortho nitro benzene ring substituents is 1. The molecule has 7 nitrogen and oxygen atoms in total. The van der Waals surface area contributed by atoms with Gasteiger partial charge in [-0.25, -0.2) is 0 Å². The maximum atomic E-state index is 12.0. The van der Waals surface area contributed by atoms with Gasteiger partial charge in [0.2, 0.25) is 5.91 Å². The van der Waals surface area contributed by atoms with E-state index in [1.165, 1.54) is 36.0 Å². The summed E-state index contributed by atoms with van der Waals surface area (Å²) in [6.45, 7) is 1.05. The molecule has 1 N–H and O–H groups in total. The molecule has 8 heteroatoms. The van der Waals surface area contributed by atoms with Crippen molar-refractivity contribution < 1.29 is 19.2 Å². The Labute approximate surface area is 142 Å². The lowest BCUT2D eigenvalue weighted by molar-refractivity contribution is -0.384. The van der Waals surface area contributed by atoms with Gasteiger partial charge in [0.25, 0.3) is 5.69 Å². The number of nitro groups is 1. The Morgan fingerprint density at radius 1 is 1.12 bits per heavy atom. The molecular weight excluding hydrogens is 332 g/mol. The molecule has 124 valence electrons. The van der Waals surface area contributed by atoms with Crippen LogP contribution in [0.25, 0.3) is 0 Å². The van der Waals surface area contributed by atoms with Crippen molar-refractivity contribution >= 4 is 29.0 Å². The summed E-state index contributed by atoms with van der Waals surface area (Å²) in [7, 11) is 0. The molecule has 0 bridgehead atoms. The van der Waals surface area contributed by atoms with Crippen molar-refractivity contribution in [3.05, 3.63) is 52.6 Å². The Morgan fingerprint density at radius 3 is 2.54 bits per heavy atom. The monoisotopic (exact) mass is 346 g/mol. The minimum atomic E-state index is -0.483. The average molecular weight is 346 g/mol. The van der Waals surface area contributed by atoms with Gasteiger partial charge in [-0.1, -0.05) is 0 Å². The van der Waals surface area contributed by atoms with Crippen molar-refractivity contribution in [1.29, 1.82) is 0 Å². The van der Waals surface area contributed by atoms with Crippen LogP contribution in [0.2, 0.25) is 0 Å². The summed E-state index contributed by atoms with van der Waals surface area (Å²) in [6, 6.07) is 11.3. The Kier molecular flexibility index (Phi) is 4.85. The average Bonchev–Trinajstić information content (AvgIpc) is 2.60. The fraction of sp³-hybridized carbons (Fsp3) is 0.188. The number of amides is 1. The summed E-state index contributed by atoms with van der Waals surface area (Å²) in [6.07, 6.45) is 0. The number of carbonyl (C=O) groups excluding carboxylic acids is 1. The van der Waals surface area contributed by atoms with Crippen LogP contribution >= 0.6 is 11.8 Å². The number of benzene rings is 2. The number of hydrogen-bond acceptors (Lipinski definition) is 6. The smallest absolute Gasteiger partial charge is 0.269 e. The number of hydrogen-bond donors (Lipinski definition) is 1. The second-order valence-electron chi connectivity index (χ2n) is 4.95. The molecule has 0 aliphatic carbocycles. The first-order valence-corrected chi connectivity index (χ1v) is 8.17. The summed E-state index contributed by atoms with van der Waals surface area (Å²) in [4.78, 5) is 23.0. The minimum absolute atomic E-state index is 0.0151. The van der Waals surface area contributed by atoms with Gasteiger partial charge < -0.3 is 14.8 Å². The van der Waals surface area contributed by atoms with Gasteiger partial charge in [-0.05, 0) is 30.3 Å². The Balaban J connectivity index is 1.54. The van der Waals surface area contributed by atoms with E-state index < -0.39 is 4.92 Å². The van der Waals surface area contributed by atoms with Gasteiger partial charge in [0.1, 0.15) is 13.2 Å². The summed E-state index contributed by atoms with van der Waals surface area (Å²) in [5.74, 6) is 1.42. The summed E-state index contributed by atoms with van der Waals surface area (Å²) < 4.78 is 11.0. The zero-order valence-corrected chi connectivity index (χ0v) is 13.4. The molecule has 24 heavy (non-hydrogen) atoms. The molecule has 0 atom stereocenters. The van der Waals surface area contributed by atoms with Crippen LogP contribution in [0.15, 0.2) is 47.4 Å². The first kappa shape index (κ1) is 16.1. The molecule has 2 aromatic rings. The van der Waals surface area contributed by atoms with Gasteiger partial charge in [0.15, 0.2) is 11.5 Å². The number of nitrogens with one attached hydrogen (secondary N) is 1. The molecule has 0 radical (unpaired) electrons. The van der Waals surface area contributed by atoms with Gasteiger partial charge in [0, 0.05) is 22.7 Å². The van der Waals surface area contributed by atoms with E-state index in [1.807, 2.05) is 18.2 Å².